The van der Waals surface area contributed by atoms with E-state index in [4.69, 9.17) is 5.84 Å². The second kappa shape index (κ2) is 5.82. The highest BCUT2D eigenvalue weighted by atomic mass is 32.2. The van der Waals surface area contributed by atoms with E-state index in [9.17, 15) is 8.42 Å². The fourth-order valence-electron chi connectivity index (χ4n) is 1.42. The summed E-state index contributed by atoms with van der Waals surface area (Å²) < 4.78 is 22.5. The van der Waals surface area contributed by atoms with Crippen molar-refractivity contribution in [3.05, 3.63) is 0 Å². The molecule has 0 amide bonds. The first-order valence-corrected chi connectivity index (χ1v) is 7.21. The molecule has 15 heavy (non-hydrogen) atoms. The summed E-state index contributed by atoms with van der Waals surface area (Å²) in [5, 5.41) is 0. The predicted molar refractivity (Wildman–Crippen MR) is 64.1 cm³/mol. The highest BCUT2D eigenvalue weighted by molar-refractivity contribution is 7.91. The molecule has 0 spiro atoms. The van der Waals surface area contributed by atoms with Crippen LogP contribution in [0.4, 0.5) is 0 Å². The van der Waals surface area contributed by atoms with E-state index in [1.54, 1.807) is 6.92 Å². The largest absolute Gasteiger partial charge is 0.271 e. The molecule has 0 fully saturated rings. The zero-order valence-corrected chi connectivity index (χ0v) is 11.0. The van der Waals surface area contributed by atoms with E-state index in [1.807, 2.05) is 0 Å². The molecule has 1 unspecified atom stereocenters. The molecule has 0 aromatic heterocycles. The van der Waals surface area contributed by atoms with E-state index in [0.717, 1.165) is 6.42 Å². The van der Waals surface area contributed by atoms with Gasteiger partial charge in [0.1, 0.15) is 9.84 Å². The van der Waals surface area contributed by atoms with Crippen LogP contribution in [0.25, 0.3) is 0 Å². The highest BCUT2D eigenvalue weighted by Crippen LogP contribution is 2.22. The van der Waals surface area contributed by atoms with Gasteiger partial charge in [-0.25, -0.2) is 8.42 Å². The third-order valence-electron chi connectivity index (χ3n) is 2.63. The van der Waals surface area contributed by atoms with Crippen molar-refractivity contribution in [3.63, 3.8) is 0 Å². The third kappa shape index (κ3) is 6.12. The van der Waals surface area contributed by atoms with Crippen LogP contribution in [0.15, 0.2) is 0 Å². The Balaban J connectivity index is 4.05. The maximum atomic E-state index is 11.3. The molecular weight excluding hydrogens is 212 g/mol. The quantitative estimate of drug-likeness (QED) is 0.535. The van der Waals surface area contributed by atoms with Gasteiger partial charge in [-0.2, -0.15) is 0 Å². The number of hydrazine groups is 1. The molecule has 0 saturated heterocycles. The lowest BCUT2D eigenvalue weighted by atomic mass is 9.85. The van der Waals surface area contributed by atoms with Crippen molar-refractivity contribution >= 4 is 9.84 Å². The first-order chi connectivity index (χ1) is 6.73. The molecule has 1 atom stereocenters. The maximum Gasteiger partial charge on any atom is 0.150 e. The van der Waals surface area contributed by atoms with Gasteiger partial charge in [0.2, 0.25) is 0 Å². The Kier molecular flexibility index (Phi) is 5.77. The molecular formula is C10H24N2O2S. The molecule has 3 N–H and O–H groups in total. The number of hydrogen-bond donors (Lipinski definition) is 2. The molecule has 0 aliphatic carbocycles. The normalized spacial score (nSPS) is 15.3. The topological polar surface area (TPSA) is 72.2 Å². The summed E-state index contributed by atoms with van der Waals surface area (Å²) in [5.41, 5.74) is 2.81. The number of sulfone groups is 1. The van der Waals surface area contributed by atoms with Gasteiger partial charge in [0, 0.05) is 11.8 Å². The van der Waals surface area contributed by atoms with E-state index < -0.39 is 9.84 Å². The van der Waals surface area contributed by atoms with Crippen molar-refractivity contribution in [1.82, 2.24) is 5.43 Å². The van der Waals surface area contributed by atoms with Gasteiger partial charge in [0.15, 0.2) is 0 Å². The molecule has 0 heterocycles. The fourth-order valence-corrected chi connectivity index (χ4v) is 2.31. The standard InChI is InChI=1S/C10H24N2O2S/c1-5-15(13,14)8-6-7-9(12-11)10(2,3)4/h9,12H,5-8,11H2,1-4H3. The molecule has 0 rings (SSSR count). The average molecular weight is 236 g/mol. The number of rotatable bonds is 6. The summed E-state index contributed by atoms with van der Waals surface area (Å²) in [6.45, 7) is 7.95. The molecule has 5 heteroatoms. The summed E-state index contributed by atoms with van der Waals surface area (Å²) in [5.74, 6) is 5.93. The summed E-state index contributed by atoms with van der Waals surface area (Å²) in [6, 6.07) is 0.157. The fraction of sp³-hybridized carbons (Fsp3) is 1.00. The van der Waals surface area contributed by atoms with Crippen molar-refractivity contribution in [2.45, 2.75) is 46.6 Å². The van der Waals surface area contributed by atoms with Crippen LogP contribution in [0, 0.1) is 5.41 Å². The zero-order valence-electron chi connectivity index (χ0n) is 10.2. The molecule has 0 bridgehead atoms. The Hall–Kier alpha value is -0.130. The number of hydrogen-bond acceptors (Lipinski definition) is 4. The summed E-state index contributed by atoms with van der Waals surface area (Å²) in [6.07, 6.45) is 1.46. The van der Waals surface area contributed by atoms with Crippen molar-refractivity contribution < 1.29 is 8.42 Å². The lowest BCUT2D eigenvalue weighted by Gasteiger charge is -2.29. The number of nitrogens with one attached hydrogen (secondary N) is 1. The van der Waals surface area contributed by atoms with E-state index in [1.165, 1.54) is 0 Å². The zero-order chi connectivity index (χ0) is 12.1. The number of nitrogens with two attached hydrogens (primary N) is 1. The van der Waals surface area contributed by atoms with Crippen LogP contribution in [-0.2, 0) is 9.84 Å². The van der Waals surface area contributed by atoms with Gasteiger partial charge in [-0.05, 0) is 18.3 Å². The Morgan fingerprint density at radius 3 is 2.20 bits per heavy atom. The molecule has 92 valence electrons. The van der Waals surface area contributed by atoms with Crippen molar-refractivity contribution in [3.8, 4) is 0 Å². The Morgan fingerprint density at radius 1 is 1.33 bits per heavy atom. The van der Waals surface area contributed by atoms with Crippen LogP contribution >= 0.6 is 0 Å². The van der Waals surface area contributed by atoms with Gasteiger partial charge < -0.3 is 0 Å². The molecule has 0 saturated carbocycles. The molecule has 0 aliphatic heterocycles. The summed E-state index contributed by atoms with van der Waals surface area (Å²) in [4.78, 5) is 0. The first kappa shape index (κ1) is 14.9. The molecule has 4 nitrogen and oxygen atoms in total. The highest BCUT2D eigenvalue weighted by Gasteiger charge is 2.23. The Labute approximate surface area is 93.5 Å². The molecule has 0 aliphatic rings. The van der Waals surface area contributed by atoms with Gasteiger partial charge in [-0.3, -0.25) is 11.3 Å². The second-order valence-corrected chi connectivity index (χ2v) is 7.44. The molecule has 0 aromatic carbocycles. The van der Waals surface area contributed by atoms with E-state index in [-0.39, 0.29) is 23.0 Å². The minimum absolute atomic E-state index is 0.0602. The summed E-state index contributed by atoms with van der Waals surface area (Å²) >= 11 is 0. The van der Waals surface area contributed by atoms with Gasteiger partial charge >= 0.3 is 0 Å². The second-order valence-electron chi connectivity index (χ2n) is 4.96. The molecule has 0 aromatic rings. The van der Waals surface area contributed by atoms with Gasteiger partial charge in [0.25, 0.3) is 0 Å². The predicted octanol–water partition coefficient (Wildman–Crippen LogP) is 1.08. The lowest BCUT2D eigenvalue weighted by Crippen LogP contribution is -2.44. The maximum absolute atomic E-state index is 11.3. The Bertz CT molecular complexity index is 268. The van der Waals surface area contributed by atoms with Crippen LogP contribution < -0.4 is 11.3 Å². The van der Waals surface area contributed by atoms with E-state index >= 15 is 0 Å². The van der Waals surface area contributed by atoms with Crippen LogP contribution in [0.2, 0.25) is 0 Å². The van der Waals surface area contributed by atoms with Crippen molar-refractivity contribution in [2.24, 2.45) is 11.3 Å². The summed E-state index contributed by atoms with van der Waals surface area (Å²) in [7, 11) is -2.84. The van der Waals surface area contributed by atoms with Gasteiger partial charge in [-0.1, -0.05) is 27.7 Å². The minimum Gasteiger partial charge on any atom is -0.271 e. The smallest absolute Gasteiger partial charge is 0.150 e. The van der Waals surface area contributed by atoms with Crippen LogP contribution in [0.1, 0.15) is 40.5 Å². The van der Waals surface area contributed by atoms with Gasteiger partial charge in [0.05, 0.1) is 5.75 Å². The van der Waals surface area contributed by atoms with Crippen LogP contribution in [0.5, 0.6) is 0 Å². The first-order valence-electron chi connectivity index (χ1n) is 5.39. The van der Waals surface area contributed by atoms with E-state index in [2.05, 4.69) is 26.2 Å². The monoisotopic (exact) mass is 236 g/mol. The third-order valence-corrected chi connectivity index (χ3v) is 4.42. The van der Waals surface area contributed by atoms with Crippen molar-refractivity contribution in [2.75, 3.05) is 11.5 Å². The SMILES string of the molecule is CCS(=O)(=O)CCCC(NN)C(C)(C)C. The minimum atomic E-state index is -2.84. The average Bonchev–Trinajstić information content (AvgIpc) is 2.10. The lowest BCUT2D eigenvalue weighted by molar-refractivity contribution is 0.255. The van der Waals surface area contributed by atoms with Crippen molar-refractivity contribution in [1.29, 1.82) is 0 Å². The van der Waals surface area contributed by atoms with Crippen LogP contribution in [-0.4, -0.2) is 26.0 Å². The van der Waals surface area contributed by atoms with Crippen LogP contribution in [0.3, 0.4) is 0 Å². The molecule has 0 radical (unpaired) electrons. The van der Waals surface area contributed by atoms with Gasteiger partial charge in [-0.15, -0.1) is 0 Å². The Morgan fingerprint density at radius 2 is 1.87 bits per heavy atom. The van der Waals surface area contributed by atoms with E-state index in [0.29, 0.717) is 6.42 Å².